The van der Waals surface area contributed by atoms with Crippen LogP contribution in [-0.4, -0.2) is 29.3 Å². The van der Waals surface area contributed by atoms with Gasteiger partial charge in [0.1, 0.15) is 5.70 Å². The highest BCUT2D eigenvalue weighted by atomic mass is 35.5. The molecular formula is C21H20Cl2N4O3. The summed E-state index contributed by atoms with van der Waals surface area (Å²) in [6.07, 6.45) is 0.926. The lowest BCUT2D eigenvalue weighted by Gasteiger charge is -2.33. The number of rotatable bonds is 5. The second-order valence-corrected chi connectivity index (χ2v) is 7.98. The summed E-state index contributed by atoms with van der Waals surface area (Å²) in [4.78, 5) is 24.4. The molecule has 9 heteroatoms. The SMILES string of the molecule is C=C(/C=C(\N)C(=O)Nc1cccc(C2CN(C)Cc3c(Cl)cc(Cl)cc32)c1)[N+](=O)[O-]. The van der Waals surface area contributed by atoms with Gasteiger partial charge in [-0.2, -0.15) is 0 Å². The molecule has 1 amide bonds. The molecule has 2 aromatic rings. The molecule has 1 aliphatic rings. The zero-order valence-electron chi connectivity index (χ0n) is 16.2. The molecule has 3 N–H and O–H groups in total. The number of likely N-dealkylation sites (N-methyl/N-ethyl adjacent to an activating group) is 1. The van der Waals surface area contributed by atoms with E-state index in [-0.39, 0.29) is 11.6 Å². The number of anilines is 1. The number of nitrogens with one attached hydrogen (secondary N) is 1. The van der Waals surface area contributed by atoms with E-state index in [0.29, 0.717) is 15.7 Å². The van der Waals surface area contributed by atoms with Crippen molar-refractivity contribution in [1.29, 1.82) is 0 Å². The van der Waals surface area contributed by atoms with Crippen molar-refractivity contribution in [2.75, 3.05) is 18.9 Å². The Kier molecular flexibility index (Phi) is 6.45. The third kappa shape index (κ3) is 4.81. The highest BCUT2D eigenvalue weighted by Crippen LogP contribution is 2.38. The Morgan fingerprint density at radius 2 is 2.10 bits per heavy atom. The molecule has 0 bridgehead atoms. The van der Waals surface area contributed by atoms with E-state index in [9.17, 15) is 14.9 Å². The van der Waals surface area contributed by atoms with Gasteiger partial charge in [0.05, 0.1) is 4.92 Å². The Morgan fingerprint density at radius 3 is 2.80 bits per heavy atom. The number of amides is 1. The molecule has 156 valence electrons. The standard InChI is InChI=1S/C21H20Cl2N4O3/c1-12(27(29)30)6-20(24)21(28)25-15-5-3-4-13(7-15)17-10-26(2)11-18-16(17)8-14(22)9-19(18)23/h3-9,17H,1,10-11,24H2,2H3,(H,25,28)/b20-6-. The van der Waals surface area contributed by atoms with E-state index in [1.165, 1.54) is 0 Å². The van der Waals surface area contributed by atoms with E-state index in [1.807, 2.05) is 31.3 Å². The van der Waals surface area contributed by atoms with Crippen LogP contribution in [0.15, 0.2) is 60.4 Å². The predicted octanol–water partition coefficient (Wildman–Crippen LogP) is 4.14. The molecule has 1 unspecified atom stereocenters. The topological polar surface area (TPSA) is 102 Å². The van der Waals surface area contributed by atoms with Crippen LogP contribution >= 0.6 is 23.2 Å². The normalized spacial score (nSPS) is 16.6. The number of carbonyl (C=O) groups is 1. The van der Waals surface area contributed by atoms with Gasteiger partial charge in [-0.05, 0) is 54.6 Å². The van der Waals surface area contributed by atoms with Crippen molar-refractivity contribution in [3.8, 4) is 0 Å². The van der Waals surface area contributed by atoms with E-state index >= 15 is 0 Å². The summed E-state index contributed by atoms with van der Waals surface area (Å²) >= 11 is 12.7. The molecule has 0 fully saturated rings. The van der Waals surface area contributed by atoms with E-state index in [2.05, 4.69) is 16.8 Å². The van der Waals surface area contributed by atoms with Crippen LogP contribution in [0, 0.1) is 10.1 Å². The van der Waals surface area contributed by atoms with Crippen LogP contribution in [0.25, 0.3) is 0 Å². The van der Waals surface area contributed by atoms with Crippen molar-refractivity contribution in [2.45, 2.75) is 12.5 Å². The molecule has 0 saturated heterocycles. The maximum Gasteiger partial charge on any atom is 0.271 e. The molecule has 1 atom stereocenters. The van der Waals surface area contributed by atoms with Gasteiger partial charge in [-0.25, -0.2) is 0 Å². The average molecular weight is 447 g/mol. The lowest BCUT2D eigenvalue weighted by molar-refractivity contribution is -0.418. The molecule has 0 spiro atoms. The first-order valence-electron chi connectivity index (χ1n) is 9.04. The third-order valence-corrected chi connectivity index (χ3v) is 5.41. The molecular weight excluding hydrogens is 427 g/mol. The molecule has 0 radical (unpaired) electrons. The zero-order chi connectivity index (χ0) is 22.0. The van der Waals surface area contributed by atoms with Crippen molar-refractivity contribution in [3.63, 3.8) is 0 Å². The molecule has 2 aromatic carbocycles. The second-order valence-electron chi connectivity index (χ2n) is 7.13. The Morgan fingerprint density at radius 1 is 1.37 bits per heavy atom. The zero-order valence-corrected chi connectivity index (χ0v) is 17.7. The van der Waals surface area contributed by atoms with Crippen LogP contribution in [-0.2, 0) is 11.3 Å². The quantitative estimate of drug-likeness (QED) is 0.311. The maximum absolute atomic E-state index is 12.3. The van der Waals surface area contributed by atoms with Crippen LogP contribution in [0.5, 0.6) is 0 Å². The van der Waals surface area contributed by atoms with Gasteiger partial charge in [0, 0.05) is 40.8 Å². The van der Waals surface area contributed by atoms with Crippen molar-refractivity contribution < 1.29 is 9.72 Å². The van der Waals surface area contributed by atoms with Crippen molar-refractivity contribution in [1.82, 2.24) is 4.90 Å². The van der Waals surface area contributed by atoms with Gasteiger partial charge >= 0.3 is 0 Å². The number of carbonyl (C=O) groups excluding carboxylic acids is 1. The van der Waals surface area contributed by atoms with Gasteiger partial charge in [0.15, 0.2) is 0 Å². The number of allylic oxidation sites excluding steroid dienone is 1. The van der Waals surface area contributed by atoms with Crippen molar-refractivity contribution in [2.24, 2.45) is 5.73 Å². The maximum atomic E-state index is 12.3. The number of hydrogen-bond donors (Lipinski definition) is 2. The van der Waals surface area contributed by atoms with E-state index in [0.717, 1.165) is 35.9 Å². The van der Waals surface area contributed by atoms with Gasteiger partial charge in [-0.15, -0.1) is 0 Å². The van der Waals surface area contributed by atoms with Crippen molar-refractivity contribution >= 4 is 34.8 Å². The Labute approximate surface area is 183 Å². The molecule has 30 heavy (non-hydrogen) atoms. The molecule has 1 heterocycles. The number of fused-ring (bicyclic) bond motifs is 1. The monoisotopic (exact) mass is 446 g/mol. The second kappa shape index (κ2) is 8.87. The third-order valence-electron chi connectivity index (χ3n) is 4.86. The first-order valence-corrected chi connectivity index (χ1v) is 9.79. The number of hydrogen-bond acceptors (Lipinski definition) is 5. The summed E-state index contributed by atoms with van der Waals surface area (Å²) in [6.45, 7) is 4.72. The van der Waals surface area contributed by atoms with Crippen LogP contribution < -0.4 is 11.1 Å². The first-order chi connectivity index (χ1) is 14.2. The van der Waals surface area contributed by atoms with Gasteiger partial charge in [-0.3, -0.25) is 14.9 Å². The fourth-order valence-corrected chi connectivity index (χ4v) is 4.03. The van der Waals surface area contributed by atoms with E-state index in [4.69, 9.17) is 28.9 Å². The van der Waals surface area contributed by atoms with Gasteiger partial charge in [-0.1, -0.05) is 35.3 Å². The summed E-state index contributed by atoms with van der Waals surface area (Å²) in [5.74, 6) is -0.642. The minimum absolute atomic E-state index is 0.00829. The number of benzene rings is 2. The number of nitrogens with zero attached hydrogens (tertiary/aromatic N) is 2. The molecule has 7 nitrogen and oxygen atoms in total. The Bertz CT molecular complexity index is 1070. The minimum atomic E-state index is -0.714. The highest BCUT2D eigenvalue weighted by Gasteiger charge is 2.27. The van der Waals surface area contributed by atoms with Crippen LogP contribution in [0.3, 0.4) is 0 Å². The molecule has 3 rings (SSSR count). The number of nitrogens with two attached hydrogens (primary N) is 1. The summed E-state index contributed by atoms with van der Waals surface area (Å²) in [6, 6.07) is 11.0. The number of halogens is 2. The highest BCUT2D eigenvalue weighted by molar-refractivity contribution is 6.35. The first kappa shape index (κ1) is 21.8. The van der Waals surface area contributed by atoms with Crippen molar-refractivity contribution in [3.05, 3.63) is 97.3 Å². The fourth-order valence-electron chi connectivity index (χ4n) is 3.46. The van der Waals surface area contributed by atoms with Gasteiger partial charge in [0.25, 0.3) is 11.6 Å². The average Bonchev–Trinajstić information content (AvgIpc) is 2.68. The summed E-state index contributed by atoms with van der Waals surface area (Å²) in [7, 11) is 2.01. The predicted molar refractivity (Wildman–Crippen MR) is 118 cm³/mol. The minimum Gasteiger partial charge on any atom is -0.394 e. The Balaban J connectivity index is 1.89. The number of nitro groups is 1. The van der Waals surface area contributed by atoms with Crippen LogP contribution in [0.4, 0.5) is 5.69 Å². The summed E-state index contributed by atoms with van der Waals surface area (Å²) in [5.41, 5.74) is 8.44. The Hall–Kier alpha value is -2.87. The lowest BCUT2D eigenvalue weighted by Crippen LogP contribution is -2.31. The van der Waals surface area contributed by atoms with Crippen LogP contribution in [0.2, 0.25) is 10.0 Å². The molecule has 0 aromatic heterocycles. The molecule has 0 aliphatic carbocycles. The van der Waals surface area contributed by atoms with Crippen LogP contribution in [0.1, 0.15) is 22.6 Å². The molecule has 1 aliphatic heterocycles. The summed E-state index contributed by atoms with van der Waals surface area (Å²) < 4.78 is 0. The van der Waals surface area contributed by atoms with Gasteiger partial charge < -0.3 is 16.0 Å². The van der Waals surface area contributed by atoms with E-state index in [1.54, 1.807) is 12.1 Å². The van der Waals surface area contributed by atoms with E-state index < -0.39 is 16.5 Å². The smallest absolute Gasteiger partial charge is 0.271 e. The fraction of sp³-hybridized carbons (Fsp3) is 0.190. The lowest BCUT2D eigenvalue weighted by atomic mass is 9.84. The van der Waals surface area contributed by atoms with Gasteiger partial charge in [0.2, 0.25) is 0 Å². The largest absolute Gasteiger partial charge is 0.394 e. The summed E-state index contributed by atoms with van der Waals surface area (Å²) in [5, 5.41) is 14.5. The molecule has 0 saturated carbocycles.